The quantitative estimate of drug-likeness (QED) is 0.0834. The molecule has 5 N–H and O–H groups in total. The number of fused-ring (bicyclic) bond motifs is 6. The molecule has 3 aliphatic heterocycles. The molecule has 63 heavy (non-hydrogen) atoms. The lowest BCUT2D eigenvalue weighted by Gasteiger charge is -2.32. The van der Waals surface area contributed by atoms with Gasteiger partial charge in [-0.2, -0.15) is 8.78 Å². The van der Waals surface area contributed by atoms with Gasteiger partial charge < -0.3 is 49.7 Å². The second-order valence-corrected chi connectivity index (χ2v) is 17.4. The maximum Gasteiger partial charge on any atom is 0.407 e. The topological polar surface area (TPSA) is 204 Å². The minimum Gasteiger partial charge on any atom is -0.488 e. The number of halogens is 2. The highest BCUT2D eigenvalue weighted by atomic mass is 19.3. The van der Waals surface area contributed by atoms with Gasteiger partial charge in [0.25, 0.3) is 0 Å². The zero-order chi connectivity index (χ0) is 44.9. The molecule has 3 aromatic carbocycles. The number of alkyl halides is 2. The molecule has 0 saturated carbocycles. The van der Waals surface area contributed by atoms with E-state index in [0.29, 0.717) is 42.4 Å². The van der Waals surface area contributed by atoms with Gasteiger partial charge in [0.2, 0.25) is 11.8 Å². The van der Waals surface area contributed by atoms with Gasteiger partial charge in [-0.3, -0.25) is 9.59 Å². The number of alkyl carbamates (subject to hydrolysis) is 1. The molecule has 6 atom stereocenters. The third kappa shape index (κ3) is 8.47. The van der Waals surface area contributed by atoms with Crippen LogP contribution in [0.15, 0.2) is 48.7 Å². The Morgan fingerprint density at radius 1 is 0.937 bits per heavy atom. The largest absolute Gasteiger partial charge is 0.488 e. The smallest absolute Gasteiger partial charge is 0.407 e. The fraction of sp³-hybridized carbons (Fsp3) is 0.467. The number of imidazole rings is 2. The first-order valence-electron chi connectivity index (χ1n) is 21.3. The predicted octanol–water partition coefficient (Wildman–Crippen LogP) is 7.52. The maximum atomic E-state index is 14.0. The number of H-pyrrole nitrogens is 2. The van der Waals surface area contributed by atoms with E-state index in [-0.39, 0.29) is 48.9 Å². The maximum absolute atomic E-state index is 14.0. The molecular formula is C45H52F2N8O8. The van der Waals surface area contributed by atoms with Crippen LogP contribution in [0.4, 0.5) is 18.4 Å². The molecule has 0 bridgehead atoms. The monoisotopic (exact) mass is 870 g/mol. The van der Waals surface area contributed by atoms with Gasteiger partial charge in [0.1, 0.15) is 36.1 Å². The van der Waals surface area contributed by atoms with Crippen molar-refractivity contribution in [2.45, 2.75) is 97.3 Å². The molecule has 334 valence electrons. The highest BCUT2D eigenvalue weighted by Gasteiger charge is 2.43. The fourth-order valence-corrected chi connectivity index (χ4v) is 9.35. The van der Waals surface area contributed by atoms with Crippen molar-refractivity contribution in [3.63, 3.8) is 0 Å². The molecular weight excluding hydrogens is 819 g/mol. The number of rotatable bonds is 12. The summed E-state index contributed by atoms with van der Waals surface area (Å²) in [6, 6.07) is 11.3. The number of benzene rings is 3. The van der Waals surface area contributed by atoms with E-state index >= 15 is 0 Å². The average molecular weight is 871 g/mol. The second kappa shape index (κ2) is 17.5. The number of aromatic amines is 2. The average Bonchev–Trinajstić information content (AvgIpc) is 4.08. The lowest BCUT2D eigenvalue weighted by molar-refractivity contribution is -0.139. The van der Waals surface area contributed by atoms with E-state index in [0.717, 1.165) is 50.7 Å². The van der Waals surface area contributed by atoms with Crippen LogP contribution in [0.5, 0.6) is 5.75 Å². The van der Waals surface area contributed by atoms with Crippen molar-refractivity contribution < 1.29 is 47.3 Å². The number of carbonyl (C=O) groups excluding carboxylic acids is 3. The molecule has 16 nitrogen and oxygen atoms in total. The highest BCUT2D eigenvalue weighted by molar-refractivity contribution is 6.07. The summed E-state index contributed by atoms with van der Waals surface area (Å²) in [4.78, 5) is 71.3. The first-order chi connectivity index (χ1) is 30.1. The third-order valence-electron chi connectivity index (χ3n) is 12.6. The molecule has 18 heteroatoms. The molecule has 0 unspecified atom stereocenters. The van der Waals surface area contributed by atoms with Crippen molar-refractivity contribution in [3.05, 3.63) is 65.9 Å². The van der Waals surface area contributed by atoms with E-state index in [9.17, 15) is 33.1 Å². The van der Waals surface area contributed by atoms with E-state index in [1.54, 1.807) is 29.8 Å². The number of amides is 4. The van der Waals surface area contributed by atoms with Crippen LogP contribution in [0.2, 0.25) is 0 Å². The summed E-state index contributed by atoms with van der Waals surface area (Å²) in [5.41, 5.74) is 5.95. The third-order valence-corrected chi connectivity index (χ3v) is 12.6. The molecule has 0 aliphatic carbocycles. The van der Waals surface area contributed by atoms with Gasteiger partial charge in [-0.15, -0.1) is 0 Å². The van der Waals surface area contributed by atoms with Crippen LogP contribution in [0.25, 0.3) is 44.2 Å². The number of hydrogen-bond acceptors (Lipinski definition) is 9. The predicted molar refractivity (Wildman–Crippen MR) is 228 cm³/mol. The van der Waals surface area contributed by atoms with Crippen LogP contribution in [0, 0.1) is 17.8 Å². The van der Waals surface area contributed by atoms with Crippen LogP contribution >= 0.6 is 0 Å². The molecule has 2 aromatic heterocycles. The number of nitrogens with one attached hydrogen (secondary N) is 4. The van der Waals surface area contributed by atoms with E-state index in [2.05, 4.69) is 43.5 Å². The minimum absolute atomic E-state index is 0.0829. The molecule has 0 radical (unpaired) electrons. The van der Waals surface area contributed by atoms with Crippen molar-refractivity contribution in [3.8, 4) is 28.1 Å². The molecule has 3 aliphatic rings. The number of carbonyl (C=O) groups is 4. The van der Waals surface area contributed by atoms with Crippen LogP contribution in [0.1, 0.15) is 83.2 Å². The van der Waals surface area contributed by atoms with Gasteiger partial charge in [0, 0.05) is 29.5 Å². The highest BCUT2D eigenvalue weighted by Crippen LogP contribution is 2.44. The first kappa shape index (κ1) is 43.4. The molecule has 2 fully saturated rings. The normalized spacial score (nSPS) is 20.6. The Morgan fingerprint density at radius 3 is 2.41 bits per heavy atom. The minimum atomic E-state index is -2.95. The molecule has 5 aromatic rings. The summed E-state index contributed by atoms with van der Waals surface area (Å²) in [7, 11) is 1.22. The number of hydrogen-bond donors (Lipinski definition) is 5. The Balaban J connectivity index is 1.06. The second-order valence-electron chi connectivity index (χ2n) is 17.4. The Bertz CT molecular complexity index is 2560. The van der Waals surface area contributed by atoms with Crippen LogP contribution < -0.4 is 15.4 Å². The first-order valence-corrected chi connectivity index (χ1v) is 21.3. The Morgan fingerprint density at radius 2 is 1.70 bits per heavy atom. The lowest BCUT2D eigenvalue weighted by atomic mass is 9.92. The number of carboxylic acid groups (broad SMARTS) is 1. The van der Waals surface area contributed by atoms with Crippen LogP contribution in [-0.2, 0) is 25.7 Å². The van der Waals surface area contributed by atoms with Crippen LogP contribution in [0.3, 0.4) is 0 Å². The Kier molecular flexibility index (Phi) is 12.0. The van der Waals surface area contributed by atoms with Crippen molar-refractivity contribution in [1.29, 1.82) is 0 Å². The van der Waals surface area contributed by atoms with E-state index in [4.69, 9.17) is 19.4 Å². The number of nitrogens with zero attached hydrogens (tertiary/aromatic N) is 4. The molecule has 2 saturated heterocycles. The summed E-state index contributed by atoms with van der Waals surface area (Å²) < 4.78 is 42.0. The van der Waals surface area contributed by atoms with Gasteiger partial charge in [-0.05, 0) is 84.4 Å². The number of likely N-dealkylation sites (tertiary alicyclic amines) is 2. The number of aromatic nitrogens is 4. The Hall–Kier alpha value is -6.30. The lowest BCUT2D eigenvalue weighted by Crippen LogP contribution is -2.52. The molecule has 4 amide bonds. The number of methoxy groups -OCH3 is 1. The van der Waals surface area contributed by atoms with Crippen LogP contribution in [-0.4, -0.2) is 104 Å². The fourth-order valence-electron chi connectivity index (χ4n) is 9.35. The van der Waals surface area contributed by atoms with Gasteiger partial charge in [-0.25, -0.2) is 19.6 Å². The van der Waals surface area contributed by atoms with Gasteiger partial charge in [0.15, 0.2) is 0 Å². The van der Waals surface area contributed by atoms with Crippen molar-refractivity contribution >= 4 is 45.8 Å². The Labute approximate surface area is 362 Å². The molecule has 0 spiro atoms. The molecule has 5 heterocycles. The molecule has 8 rings (SSSR count). The van der Waals surface area contributed by atoms with Gasteiger partial charge in [-0.1, -0.05) is 45.9 Å². The summed E-state index contributed by atoms with van der Waals surface area (Å²) in [5, 5.41) is 16.2. The standard InChI is InChI=1S/C45H52F2N8O8/c1-21(2)36(53-45(60)61-6)41(56)54-18-24(19-63-43(46)47)13-34(54)40-49-31-11-9-25-15-30-28-10-8-26(14-27(28)20-62-35(30)16-29(25)38(31)51-40)32-17-48-39(50-32)33-12-7-23(5)55(33)42(57)37(22(3)4)52-44(58)59/h8-11,14-17,21-24,33-34,36-37,43,52H,7,12-13,18-20H2,1-6H3,(H,48,50)(H,49,51)(H,53,60)(H,58,59)/t23-,24-,33-,34-,36-,37-/m0/s1. The van der Waals surface area contributed by atoms with Gasteiger partial charge in [0.05, 0.1) is 48.7 Å². The van der Waals surface area contributed by atoms with Crippen molar-refractivity contribution in [1.82, 2.24) is 40.4 Å². The zero-order valence-corrected chi connectivity index (χ0v) is 35.9. The zero-order valence-electron chi connectivity index (χ0n) is 35.9. The van der Waals surface area contributed by atoms with E-state index < -0.39 is 42.8 Å². The summed E-state index contributed by atoms with van der Waals surface area (Å²) >= 11 is 0. The summed E-state index contributed by atoms with van der Waals surface area (Å²) in [6.07, 6.45) is 1.54. The van der Waals surface area contributed by atoms with E-state index in [1.165, 1.54) is 7.11 Å². The van der Waals surface area contributed by atoms with Crippen molar-refractivity contribution in [2.24, 2.45) is 17.8 Å². The van der Waals surface area contributed by atoms with Crippen molar-refractivity contribution in [2.75, 3.05) is 20.3 Å². The van der Waals surface area contributed by atoms with E-state index in [1.807, 2.05) is 45.0 Å². The SMILES string of the molecule is COC(=O)N[C@H](C(=O)N1C[C@@H](COC(F)F)C[C@H]1c1nc2c(ccc3cc4c(cc32)OCc2cc(-c3cnc([C@@H]5CC[C@H](C)N5C(=O)[C@@H](NC(=O)O)C(C)C)[nH]3)ccc2-4)[nH]1)C(C)C. The van der Waals surface area contributed by atoms with Gasteiger partial charge >= 0.3 is 18.8 Å². The summed E-state index contributed by atoms with van der Waals surface area (Å²) in [6.45, 7) is 6.45. The number of ether oxygens (including phenoxy) is 3. The summed E-state index contributed by atoms with van der Waals surface area (Å²) in [5.74, 6) is 0.238.